The largest absolute Gasteiger partial charge is 0.372 e. The maximum absolute atomic E-state index is 11.2. The number of piperidine rings is 1. The monoisotopic (exact) mass is 296 g/mol. The van der Waals surface area contributed by atoms with Gasteiger partial charge in [-0.3, -0.25) is 4.79 Å². The average Bonchev–Trinajstić information content (AvgIpc) is 2.40. The first kappa shape index (κ1) is 12.4. The van der Waals surface area contributed by atoms with Crippen molar-refractivity contribution in [2.45, 2.75) is 19.3 Å². The molecule has 0 radical (unpaired) electrons. The Balaban J connectivity index is 1.99. The number of benzene rings is 1. The molecular weight excluding hydrogens is 280 g/mol. The van der Waals surface area contributed by atoms with E-state index < -0.39 is 0 Å². The molecule has 1 aromatic carbocycles. The van der Waals surface area contributed by atoms with E-state index in [4.69, 9.17) is 0 Å². The fraction of sp³-hybridized carbons (Fsp3) is 0.462. The SMILES string of the molecule is O=C(CBr)Nc1ccc(N2CCCCC2)cc1. The van der Waals surface area contributed by atoms with E-state index in [1.807, 2.05) is 12.1 Å². The van der Waals surface area contributed by atoms with Crippen LogP contribution in [-0.2, 0) is 4.79 Å². The average molecular weight is 297 g/mol. The van der Waals surface area contributed by atoms with Crippen molar-refractivity contribution in [2.75, 3.05) is 28.6 Å². The van der Waals surface area contributed by atoms with Crippen LogP contribution < -0.4 is 10.2 Å². The Morgan fingerprint density at radius 3 is 2.41 bits per heavy atom. The third kappa shape index (κ3) is 3.46. The molecule has 1 aliphatic rings. The molecule has 1 fully saturated rings. The fourth-order valence-electron chi connectivity index (χ4n) is 2.10. The number of carbonyl (C=O) groups excluding carboxylic acids is 1. The smallest absolute Gasteiger partial charge is 0.235 e. The molecule has 0 spiro atoms. The zero-order valence-electron chi connectivity index (χ0n) is 9.79. The van der Waals surface area contributed by atoms with Crippen molar-refractivity contribution in [2.24, 2.45) is 0 Å². The van der Waals surface area contributed by atoms with Gasteiger partial charge in [-0.2, -0.15) is 0 Å². The number of carbonyl (C=O) groups is 1. The minimum atomic E-state index is -0.0178. The summed E-state index contributed by atoms with van der Waals surface area (Å²) in [5.74, 6) is -0.0178. The summed E-state index contributed by atoms with van der Waals surface area (Å²) in [4.78, 5) is 13.6. The first-order chi connectivity index (χ1) is 8.29. The third-order valence-corrected chi connectivity index (χ3v) is 3.50. The summed E-state index contributed by atoms with van der Waals surface area (Å²) < 4.78 is 0. The maximum atomic E-state index is 11.2. The van der Waals surface area contributed by atoms with E-state index in [1.54, 1.807) is 0 Å². The van der Waals surface area contributed by atoms with Crippen molar-refractivity contribution >= 4 is 33.2 Å². The van der Waals surface area contributed by atoms with Crippen LogP contribution in [-0.4, -0.2) is 24.3 Å². The minimum Gasteiger partial charge on any atom is -0.372 e. The number of hydrogen-bond acceptors (Lipinski definition) is 2. The summed E-state index contributed by atoms with van der Waals surface area (Å²) >= 11 is 3.13. The van der Waals surface area contributed by atoms with E-state index in [-0.39, 0.29) is 5.91 Å². The fourth-order valence-corrected chi connectivity index (χ4v) is 2.24. The lowest BCUT2D eigenvalue weighted by atomic mass is 10.1. The Bertz CT molecular complexity index is 372. The summed E-state index contributed by atoms with van der Waals surface area (Å²) in [5, 5.41) is 3.15. The van der Waals surface area contributed by atoms with Crippen LogP contribution in [0.1, 0.15) is 19.3 Å². The molecule has 1 saturated heterocycles. The Morgan fingerprint density at radius 1 is 1.18 bits per heavy atom. The van der Waals surface area contributed by atoms with Gasteiger partial charge in [0, 0.05) is 24.5 Å². The Morgan fingerprint density at radius 2 is 1.82 bits per heavy atom. The van der Waals surface area contributed by atoms with Crippen LogP contribution in [0.25, 0.3) is 0 Å². The molecule has 0 unspecified atom stereocenters. The maximum Gasteiger partial charge on any atom is 0.235 e. The molecule has 1 N–H and O–H groups in total. The number of nitrogens with one attached hydrogen (secondary N) is 1. The van der Waals surface area contributed by atoms with Gasteiger partial charge in [-0.15, -0.1) is 0 Å². The lowest BCUT2D eigenvalue weighted by Crippen LogP contribution is -2.29. The van der Waals surface area contributed by atoms with E-state index >= 15 is 0 Å². The molecule has 0 aliphatic carbocycles. The molecule has 0 bridgehead atoms. The van der Waals surface area contributed by atoms with E-state index in [9.17, 15) is 4.79 Å². The number of rotatable bonds is 3. The second-order valence-corrected chi connectivity index (χ2v) is 4.84. The summed E-state index contributed by atoms with van der Waals surface area (Å²) in [6, 6.07) is 8.08. The second kappa shape index (κ2) is 6.05. The molecule has 1 amide bonds. The van der Waals surface area contributed by atoms with Crippen molar-refractivity contribution in [3.8, 4) is 0 Å². The number of alkyl halides is 1. The predicted molar refractivity (Wildman–Crippen MR) is 74.9 cm³/mol. The van der Waals surface area contributed by atoms with Gasteiger partial charge in [0.15, 0.2) is 0 Å². The Hall–Kier alpha value is -1.03. The molecule has 2 rings (SSSR count). The molecule has 0 aromatic heterocycles. The molecule has 3 nitrogen and oxygen atoms in total. The standard InChI is InChI=1S/C13H17BrN2O/c14-10-13(17)15-11-4-6-12(7-5-11)16-8-2-1-3-9-16/h4-7H,1-3,8-10H2,(H,15,17). The molecular formula is C13H17BrN2O. The number of halogens is 1. The van der Waals surface area contributed by atoms with Gasteiger partial charge in [0.1, 0.15) is 0 Å². The van der Waals surface area contributed by atoms with E-state index in [2.05, 4.69) is 38.3 Å². The van der Waals surface area contributed by atoms with Gasteiger partial charge in [0.05, 0.1) is 5.33 Å². The zero-order valence-corrected chi connectivity index (χ0v) is 11.4. The molecule has 92 valence electrons. The Labute approximate surface area is 110 Å². The number of anilines is 2. The second-order valence-electron chi connectivity index (χ2n) is 4.28. The molecule has 0 saturated carbocycles. The van der Waals surface area contributed by atoms with Gasteiger partial charge in [-0.05, 0) is 43.5 Å². The molecule has 1 aromatic rings. The van der Waals surface area contributed by atoms with Crippen LogP contribution in [0.2, 0.25) is 0 Å². The van der Waals surface area contributed by atoms with Crippen molar-refractivity contribution in [1.29, 1.82) is 0 Å². The molecule has 17 heavy (non-hydrogen) atoms. The van der Waals surface area contributed by atoms with Crippen molar-refractivity contribution in [1.82, 2.24) is 0 Å². The van der Waals surface area contributed by atoms with E-state index in [1.165, 1.54) is 24.9 Å². The first-order valence-electron chi connectivity index (χ1n) is 6.00. The Kier molecular flexibility index (Phi) is 4.42. The van der Waals surface area contributed by atoms with Crippen molar-refractivity contribution in [3.05, 3.63) is 24.3 Å². The highest BCUT2D eigenvalue weighted by Gasteiger charge is 2.10. The predicted octanol–water partition coefficient (Wildman–Crippen LogP) is 3.01. The van der Waals surface area contributed by atoms with Crippen LogP contribution in [0.4, 0.5) is 11.4 Å². The van der Waals surface area contributed by atoms with E-state index in [0.717, 1.165) is 18.8 Å². The van der Waals surface area contributed by atoms with Gasteiger partial charge < -0.3 is 10.2 Å². The van der Waals surface area contributed by atoms with E-state index in [0.29, 0.717) is 5.33 Å². The molecule has 0 atom stereocenters. The topological polar surface area (TPSA) is 32.3 Å². The molecule has 1 heterocycles. The van der Waals surface area contributed by atoms with Crippen LogP contribution >= 0.6 is 15.9 Å². The van der Waals surface area contributed by atoms with Crippen LogP contribution in [0.15, 0.2) is 24.3 Å². The summed E-state index contributed by atoms with van der Waals surface area (Å²) in [6.45, 7) is 2.29. The lowest BCUT2D eigenvalue weighted by molar-refractivity contribution is -0.113. The third-order valence-electron chi connectivity index (χ3n) is 2.99. The van der Waals surface area contributed by atoms with Gasteiger partial charge in [0.2, 0.25) is 5.91 Å². The first-order valence-corrected chi connectivity index (χ1v) is 7.12. The summed E-state index contributed by atoms with van der Waals surface area (Å²) in [5.41, 5.74) is 2.11. The number of nitrogens with zero attached hydrogens (tertiary/aromatic N) is 1. The van der Waals surface area contributed by atoms with Crippen LogP contribution in [0, 0.1) is 0 Å². The van der Waals surface area contributed by atoms with Gasteiger partial charge in [0.25, 0.3) is 0 Å². The summed E-state index contributed by atoms with van der Waals surface area (Å²) in [6.07, 6.45) is 3.90. The van der Waals surface area contributed by atoms with Gasteiger partial charge in [-0.25, -0.2) is 0 Å². The van der Waals surface area contributed by atoms with Gasteiger partial charge in [-0.1, -0.05) is 15.9 Å². The lowest BCUT2D eigenvalue weighted by Gasteiger charge is -2.28. The normalized spacial score (nSPS) is 15.7. The zero-order chi connectivity index (χ0) is 12.1. The van der Waals surface area contributed by atoms with Gasteiger partial charge >= 0.3 is 0 Å². The highest BCUT2D eigenvalue weighted by molar-refractivity contribution is 9.09. The highest BCUT2D eigenvalue weighted by atomic mass is 79.9. The van der Waals surface area contributed by atoms with Crippen molar-refractivity contribution in [3.63, 3.8) is 0 Å². The highest BCUT2D eigenvalue weighted by Crippen LogP contribution is 2.21. The number of hydrogen-bond donors (Lipinski definition) is 1. The van der Waals surface area contributed by atoms with Crippen LogP contribution in [0.5, 0.6) is 0 Å². The molecule has 1 aliphatic heterocycles. The summed E-state index contributed by atoms with van der Waals surface area (Å²) in [7, 11) is 0. The van der Waals surface area contributed by atoms with Crippen molar-refractivity contribution < 1.29 is 4.79 Å². The quantitative estimate of drug-likeness (QED) is 0.870. The molecule has 4 heteroatoms. The van der Waals surface area contributed by atoms with Crippen LogP contribution in [0.3, 0.4) is 0 Å². The minimum absolute atomic E-state index is 0.0178. The number of amides is 1.